The summed E-state index contributed by atoms with van der Waals surface area (Å²) in [6.07, 6.45) is -20.6. The van der Waals surface area contributed by atoms with Crippen LogP contribution in [0.4, 0.5) is 0 Å². The van der Waals surface area contributed by atoms with Gasteiger partial charge < -0.3 is 104 Å². The second-order valence-corrected chi connectivity index (χ2v) is 25.3. The molecule has 0 aromatic heterocycles. The predicted molar refractivity (Wildman–Crippen MR) is 250 cm³/mol. The molecule has 0 unspecified atom stereocenters. The summed E-state index contributed by atoms with van der Waals surface area (Å²) in [6.45, 7) is 15.9. The number of aliphatic hydroxyl groups is 11. The fourth-order valence-electron chi connectivity index (χ4n) is 17.0. The van der Waals surface area contributed by atoms with Crippen LogP contribution in [0.15, 0.2) is 11.6 Å². The van der Waals surface area contributed by atoms with Gasteiger partial charge in [0.1, 0.15) is 79.4 Å². The van der Waals surface area contributed by atoms with Crippen LogP contribution in [0.2, 0.25) is 0 Å². The zero-order chi connectivity index (χ0) is 52.7. The average Bonchev–Trinajstić information content (AvgIpc) is 3.85. The maximum Gasteiger partial charge on any atom is 0.187 e. The molecule has 6 heterocycles. The first kappa shape index (κ1) is 55.2. The molecule has 73 heavy (non-hydrogen) atoms. The van der Waals surface area contributed by atoms with Gasteiger partial charge in [-0.05, 0) is 100 Å². The lowest BCUT2D eigenvalue weighted by Gasteiger charge is -2.70. The van der Waals surface area contributed by atoms with E-state index in [9.17, 15) is 56.2 Å². The summed E-state index contributed by atoms with van der Waals surface area (Å²) in [5.41, 5.74) is -0.692. The summed E-state index contributed by atoms with van der Waals surface area (Å²) in [7, 11) is 0. The Balaban J connectivity index is 0.904. The molecule has 0 amide bonds. The summed E-state index contributed by atoms with van der Waals surface area (Å²) in [5, 5.41) is 121. The van der Waals surface area contributed by atoms with E-state index >= 15 is 0 Å². The Hall–Kier alpha value is -1.10. The smallest absolute Gasteiger partial charge is 0.187 e. The van der Waals surface area contributed by atoms with E-state index in [1.54, 1.807) is 0 Å². The number of rotatable bonds is 10. The van der Waals surface area contributed by atoms with Crippen LogP contribution in [0.1, 0.15) is 107 Å². The molecule has 4 aliphatic carbocycles. The Kier molecular flexibility index (Phi) is 14.8. The molecule has 10 fully saturated rings. The van der Waals surface area contributed by atoms with E-state index in [-0.39, 0.29) is 46.7 Å². The van der Waals surface area contributed by atoms with E-state index in [2.05, 4.69) is 47.6 Å². The van der Waals surface area contributed by atoms with Gasteiger partial charge in [0.25, 0.3) is 0 Å². The normalized spacial score (nSPS) is 57.5. The molecular weight excluding hydrogens is 961 g/mol. The minimum absolute atomic E-state index is 0.104. The first-order valence-electron chi connectivity index (χ1n) is 26.8. The van der Waals surface area contributed by atoms with Crippen molar-refractivity contribution in [3.63, 3.8) is 0 Å². The van der Waals surface area contributed by atoms with Crippen molar-refractivity contribution >= 4 is 0 Å². The van der Waals surface area contributed by atoms with Gasteiger partial charge in [-0.25, -0.2) is 0 Å². The number of hydrogen-bond donors (Lipinski definition) is 11. The molecule has 21 heteroatoms. The van der Waals surface area contributed by atoms with Crippen molar-refractivity contribution in [3.8, 4) is 0 Å². The predicted octanol–water partition coefficient (Wildman–Crippen LogP) is -0.542. The summed E-state index contributed by atoms with van der Waals surface area (Å²) in [6, 6.07) is 0. The van der Waals surface area contributed by atoms with Gasteiger partial charge >= 0.3 is 0 Å². The minimum atomic E-state index is -1.91. The highest BCUT2D eigenvalue weighted by Crippen LogP contribution is 2.80. The zero-order valence-corrected chi connectivity index (χ0v) is 43.4. The molecular formula is C52H84O21. The van der Waals surface area contributed by atoms with Crippen LogP contribution < -0.4 is 0 Å². The first-order valence-corrected chi connectivity index (χ1v) is 26.8. The molecule has 0 aromatic rings. The highest BCUT2D eigenvalue weighted by atomic mass is 16.8. The van der Waals surface area contributed by atoms with E-state index in [0.29, 0.717) is 25.4 Å². The van der Waals surface area contributed by atoms with Crippen molar-refractivity contribution in [2.45, 2.75) is 241 Å². The van der Waals surface area contributed by atoms with Crippen molar-refractivity contribution < 1.29 is 104 Å². The van der Waals surface area contributed by atoms with Crippen molar-refractivity contribution in [1.82, 2.24) is 0 Å². The van der Waals surface area contributed by atoms with Gasteiger partial charge in [0.05, 0.1) is 50.3 Å². The molecule has 11 N–H and O–H groups in total. The van der Waals surface area contributed by atoms with Crippen LogP contribution in [0.3, 0.4) is 0 Å². The van der Waals surface area contributed by atoms with Gasteiger partial charge in [-0.2, -0.15) is 0 Å². The summed E-state index contributed by atoms with van der Waals surface area (Å²) < 4.78 is 62.9. The van der Waals surface area contributed by atoms with Crippen molar-refractivity contribution in [1.29, 1.82) is 0 Å². The Morgan fingerprint density at radius 2 is 1.30 bits per heavy atom. The molecule has 6 saturated heterocycles. The lowest BCUT2D eigenvalue weighted by molar-refractivity contribution is -0.394. The van der Waals surface area contributed by atoms with Crippen LogP contribution in [-0.4, -0.2) is 217 Å². The second-order valence-electron chi connectivity index (χ2n) is 25.3. The van der Waals surface area contributed by atoms with E-state index in [1.807, 2.05) is 6.92 Å². The van der Waals surface area contributed by atoms with E-state index in [1.165, 1.54) is 6.92 Å². The lowest BCUT2D eigenvalue weighted by Crippen LogP contribution is -2.68. The van der Waals surface area contributed by atoms with Gasteiger partial charge in [-0.3, -0.25) is 0 Å². The molecule has 10 aliphatic rings. The van der Waals surface area contributed by atoms with Crippen molar-refractivity contribution in [2.24, 2.45) is 45.3 Å². The number of aliphatic hydroxyl groups excluding tert-OH is 10. The van der Waals surface area contributed by atoms with Crippen LogP contribution >= 0.6 is 0 Å². The monoisotopic (exact) mass is 1040 g/mol. The molecule has 21 nitrogen and oxygen atoms in total. The van der Waals surface area contributed by atoms with E-state index < -0.39 is 147 Å². The third-order valence-electron chi connectivity index (χ3n) is 20.4. The highest BCUT2D eigenvalue weighted by Gasteiger charge is 2.81. The molecule has 0 radical (unpaired) electrons. The molecule has 4 saturated carbocycles. The standard InChI is InChI=1S/C52H84O21/c1-22(2)15-24-16-50(8,63)42-25-9-10-30-48(6)13-12-31(47(4,5)29(48)11-14-49(30,7)51(25)20-52(42,73-24)66-21-51)69-46-41(72-44-37(61)35(59)32(56)23(3)67-44)39(27(55)19-65-46)70-45-38(62)40(34(58)28(17-53)68-45)71-43-36(60)33(57)26(54)18-64-43/h15,23-46,53-63H,9-14,16-21H2,1-8H3/t23-,24+,25+,26-,27-,28+,29-,30+,31-,32-,33-,34+,35+,36+,37-,38+,39-,40-,41+,42+,43-,44-,45-,46-,48-,49+,50+,51-,52-/m0/s1. The third kappa shape index (κ3) is 8.77. The molecule has 2 spiro atoms. The SMILES string of the molecule is CC(C)=C[C@@H]1C[C@@](C)(O)[C@H]2[C@H]3CC[C@@H]4[C@@]5(C)CC[C@H](O[C@@H]6OC[C@H](O)[C@H](O[C@@H]7O[C@H](CO)[C@@H](O)[C@H](O[C@@H]8OC[C@H](O)[C@H](O)[C@H]8O)[C@H]7O)[C@H]6O[C@@H]6O[C@@H](C)[C@H](O)[C@@H](O)[C@@H]6O)C(C)(C)[C@@H]5CC[C@@]4(C)[C@@]34CO[C@@]2(C4)O1. The highest BCUT2D eigenvalue weighted by molar-refractivity contribution is 5.27. The summed E-state index contributed by atoms with van der Waals surface area (Å²) in [5.74, 6) is -0.211. The molecule has 6 aliphatic heterocycles. The Morgan fingerprint density at radius 1 is 0.644 bits per heavy atom. The van der Waals surface area contributed by atoms with Gasteiger partial charge in [0.2, 0.25) is 0 Å². The zero-order valence-electron chi connectivity index (χ0n) is 43.4. The van der Waals surface area contributed by atoms with Crippen LogP contribution in [0, 0.1) is 45.3 Å². The average molecular weight is 1050 g/mol. The quantitative estimate of drug-likeness (QED) is 0.0967. The van der Waals surface area contributed by atoms with Crippen molar-refractivity contribution in [3.05, 3.63) is 11.6 Å². The van der Waals surface area contributed by atoms with Gasteiger partial charge in [-0.15, -0.1) is 0 Å². The molecule has 0 aromatic carbocycles. The van der Waals surface area contributed by atoms with E-state index in [0.717, 1.165) is 44.1 Å². The van der Waals surface area contributed by atoms with Gasteiger partial charge in [0.15, 0.2) is 30.9 Å². The molecule has 2 bridgehead atoms. The minimum Gasteiger partial charge on any atom is -0.394 e. The van der Waals surface area contributed by atoms with Gasteiger partial charge in [-0.1, -0.05) is 39.3 Å². The fourth-order valence-corrected chi connectivity index (χ4v) is 17.0. The molecule has 10 rings (SSSR count). The van der Waals surface area contributed by atoms with E-state index in [4.69, 9.17) is 47.4 Å². The summed E-state index contributed by atoms with van der Waals surface area (Å²) >= 11 is 0. The second kappa shape index (κ2) is 19.6. The lowest BCUT2D eigenvalue weighted by atomic mass is 9.35. The van der Waals surface area contributed by atoms with Gasteiger partial charge in [0, 0.05) is 24.2 Å². The number of fused-ring (bicyclic) bond motifs is 4. The maximum atomic E-state index is 12.3. The third-order valence-corrected chi connectivity index (χ3v) is 20.4. The Bertz CT molecular complexity index is 2010. The molecule has 418 valence electrons. The first-order chi connectivity index (χ1) is 34.2. The summed E-state index contributed by atoms with van der Waals surface area (Å²) in [4.78, 5) is 0. The number of allylic oxidation sites excluding steroid dienone is 1. The maximum absolute atomic E-state index is 12.3. The Morgan fingerprint density at radius 3 is 2.01 bits per heavy atom. The Labute approximate surface area is 426 Å². The van der Waals surface area contributed by atoms with Crippen molar-refractivity contribution in [2.75, 3.05) is 26.4 Å². The van der Waals surface area contributed by atoms with Crippen LogP contribution in [0.25, 0.3) is 0 Å². The number of hydrogen-bond acceptors (Lipinski definition) is 21. The van der Waals surface area contributed by atoms with Crippen LogP contribution in [-0.2, 0) is 47.4 Å². The molecule has 29 atom stereocenters. The number of ether oxygens (including phenoxy) is 10. The topological polar surface area (TPSA) is 315 Å². The fraction of sp³-hybridized carbons (Fsp3) is 0.962. The largest absolute Gasteiger partial charge is 0.394 e. The van der Waals surface area contributed by atoms with Crippen LogP contribution in [0.5, 0.6) is 0 Å².